The molecule has 0 unspecified atom stereocenters. The molecule has 1 aliphatic rings. The number of para-hydroxylation sites is 1. The second-order valence-electron chi connectivity index (χ2n) is 6.51. The minimum atomic E-state index is 0.128. The van der Waals surface area contributed by atoms with E-state index in [-0.39, 0.29) is 5.91 Å². The fraction of sp³-hybridized carbons (Fsp3) is 0.350. The van der Waals surface area contributed by atoms with Gasteiger partial charge in [-0.25, -0.2) is 0 Å². The molecule has 0 N–H and O–H groups in total. The molecule has 4 nitrogen and oxygen atoms in total. The molecule has 1 heterocycles. The number of piperazine rings is 1. The lowest BCUT2D eigenvalue weighted by Gasteiger charge is -2.37. The molecule has 2 aromatic carbocycles. The Kier molecular flexibility index (Phi) is 4.74. The summed E-state index contributed by atoms with van der Waals surface area (Å²) < 4.78 is 0. The Labute approximate surface area is 144 Å². The Balaban J connectivity index is 1.67. The quantitative estimate of drug-likeness (QED) is 0.869. The molecular formula is C20H25N3O. The van der Waals surface area contributed by atoms with E-state index < -0.39 is 0 Å². The van der Waals surface area contributed by atoms with E-state index in [9.17, 15) is 4.79 Å². The molecule has 0 aromatic heterocycles. The third-order valence-corrected chi connectivity index (χ3v) is 4.63. The van der Waals surface area contributed by atoms with Gasteiger partial charge in [-0.05, 0) is 36.8 Å². The highest BCUT2D eigenvalue weighted by molar-refractivity contribution is 5.95. The third-order valence-electron chi connectivity index (χ3n) is 4.63. The number of carbonyl (C=O) groups is 1. The summed E-state index contributed by atoms with van der Waals surface area (Å²) >= 11 is 0. The third kappa shape index (κ3) is 3.37. The fourth-order valence-corrected chi connectivity index (χ4v) is 3.17. The molecule has 126 valence electrons. The SMILES string of the molecule is Cc1ccccc1N1CCN(C(=O)c2cccc(N(C)C)c2)CC1. The number of amides is 1. The number of carbonyl (C=O) groups excluding carboxylic acids is 1. The smallest absolute Gasteiger partial charge is 0.254 e. The van der Waals surface area contributed by atoms with Crippen molar-refractivity contribution in [3.63, 3.8) is 0 Å². The highest BCUT2D eigenvalue weighted by Crippen LogP contribution is 2.22. The van der Waals surface area contributed by atoms with Gasteiger partial charge in [0.15, 0.2) is 0 Å². The molecule has 0 radical (unpaired) electrons. The largest absolute Gasteiger partial charge is 0.378 e. The summed E-state index contributed by atoms with van der Waals surface area (Å²) in [6.07, 6.45) is 0. The van der Waals surface area contributed by atoms with Gasteiger partial charge in [-0.2, -0.15) is 0 Å². The molecule has 1 fully saturated rings. The number of rotatable bonds is 3. The topological polar surface area (TPSA) is 26.8 Å². The van der Waals surface area contributed by atoms with Crippen LogP contribution < -0.4 is 9.80 Å². The Morgan fingerprint density at radius 2 is 1.67 bits per heavy atom. The van der Waals surface area contributed by atoms with E-state index in [1.165, 1.54) is 11.3 Å². The summed E-state index contributed by atoms with van der Waals surface area (Å²) in [6, 6.07) is 16.3. The Morgan fingerprint density at radius 3 is 2.33 bits per heavy atom. The van der Waals surface area contributed by atoms with Gasteiger partial charge in [0.1, 0.15) is 0 Å². The number of hydrogen-bond donors (Lipinski definition) is 0. The van der Waals surface area contributed by atoms with Crippen molar-refractivity contribution >= 4 is 17.3 Å². The molecule has 4 heteroatoms. The summed E-state index contributed by atoms with van der Waals surface area (Å²) in [5.74, 6) is 0.128. The molecule has 0 bridgehead atoms. The first kappa shape index (κ1) is 16.4. The Hall–Kier alpha value is -2.49. The minimum Gasteiger partial charge on any atom is -0.378 e. The van der Waals surface area contributed by atoms with Gasteiger partial charge in [0.05, 0.1) is 0 Å². The van der Waals surface area contributed by atoms with E-state index in [0.717, 1.165) is 37.4 Å². The molecule has 1 saturated heterocycles. The van der Waals surface area contributed by atoms with E-state index in [1.807, 2.05) is 48.2 Å². The lowest BCUT2D eigenvalue weighted by Crippen LogP contribution is -2.49. The zero-order chi connectivity index (χ0) is 17.1. The van der Waals surface area contributed by atoms with E-state index in [0.29, 0.717) is 0 Å². The molecule has 2 aromatic rings. The van der Waals surface area contributed by atoms with E-state index >= 15 is 0 Å². The lowest BCUT2D eigenvalue weighted by atomic mass is 10.1. The van der Waals surface area contributed by atoms with Gasteiger partial charge in [0, 0.05) is 57.2 Å². The predicted molar refractivity (Wildman–Crippen MR) is 100 cm³/mol. The standard InChI is InChI=1S/C20H25N3O/c1-16-7-4-5-10-19(16)22-11-13-23(14-12-22)20(24)17-8-6-9-18(15-17)21(2)3/h4-10,15H,11-14H2,1-3H3. The predicted octanol–water partition coefficient (Wildman–Crippen LogP) is 3.02. The van der Waals surface area contributed by atoms with Crippen LogP contribution in [0.5, 0.6) is 0 Å². The number of anilines is 2. The minimum absolute atomic E-state index is 0.128. The molecule has 0 atom stereocenters. The first-order valence-corrected chi connectivity index (χ1v) is 8.43. The molecular weight excluding hydrogens is 298 g/mol. The number of benzene rings is 2. The van der Waals surface area contributed by atoms with Gasteiger partial charge in [-0.3, -0.25) is 4.79 Å². The second kappa shape index (κ2) is 6.95. The van der Waals surface area contributed by atoms with Crippen LogP contribution in [0.15, 0.2) is 48.5 Å². The molecule has 3 rings (SSSR count). The van der Waals surface area contributed by atoms with Crippen molar-refractivity contribution in [2.24, 2.45) is 0 Å². The average molecular weight is 323 g/mol. The lowest BCUT2D eigenvalue weighted by molar-refractivity contribution is 0.0747. The van der Waals surface area contributed by atoms with Gasteiger partial charge in [-0.1, -0.05) is 24.3 Å². The van der Waals surface area contributed by atoms with Gasteiger partial charge in [0.2, 0.25) is 0 Å². The number of hydrogen-bond acceptors (Lipinski definition) is 3. The maximum absolute atomic E-state index is 12.8. The van der Waals surface area contributed by atoms with Crippen molar-refractivity contribution in [1.82, 2.24) is 4.90 Å². The van der Waals surface area contributed by atoms with Crippen LogP contribution in [0.1, 0.15) is 15.9 Å². The van der Waals surface area contributed by atoms with Crippen LogP contribution in [0.3, 0.4) is 0 Å². The van der Waals surface area contributed by atoms with Crippen molar-refractivity contribution in [1.29, 1.82) is 0 Å². The van der Waals surface area contributed by atoms with Gasteiger partial charge in [-0.15, -0.1) is 0 Å². The molecule has 24 heavy (non-hydrogen) atoms. The zero-order valence-electron chi connectivity index (χ0n) is 14.7. The van der Waals surface area contributed by atoms with Crippen LogP contribution in [-0.4, -0.2) is 51.1 Å². The maximum atomic E-state index is 12.8. The van der Waals surface area contributed by atoms with Crippen LogP contribution in [0.2, 0.25) is 0 Å². The van der Waals surface area contributed by atoms with E-state index in [4.69, 9.17) is 0 Å². The van der Waals surface area contributed by atoms with Crippen molar-refractivity contribution in [3.05, 3.63) is 59.7 Å². The van der Waals surface area contributed by atoms with Crippen molar-refractivity contribution in [2.75, 3.05) is 50.1 Å². The van der Waals surface area contributed by atoms with Gasteiger partial charge >= 0.3 is 0 Å². The molecule has 0 aliphatic carbocycles. The Bertz CT molecular complexity index is 718. The molecule has 0 spiro atoms. The summed E-state index contributed by atoms with van der Waals surface area (Å²) in [5, 5.41) is 0. The maximum Gasteiger partial charge on any atom is 0.254 e. The van der Waals surface area contributed by atoms with Crippen LogP contribution >= 0.6 is 0 Å². The molecule has 1 amide bonds. The first-order valence-electron chi connectivity index (χ1n) is 8.43. The van der Waals surface area contributed by atoms with Crippen LogP contribution in [0.4, 0.5) is 11.4 Å². The van der Waals surface area contributed by atoms with Crippen molar-refractivity contribution < 1.29 is 4.79 Å². The van der Waals surface area contributed by atoms with Crippen LogP contribution in [0, 0.1) is 6.92 Å². The second-order valence-corrected chi connectivity index (χ2v) is 6.51. The number of nitrogens with zero attached hydrogens (tertiary/aromatic N) is 3. The molecule has 0 saturated carbocycles. The summed E-state index contributed by atoms with van der Waals surface area (Å²) in [5.41, 5.74) is 4.39. The van der Waals surface area contributed by atoms with Gasteiger partial charge in [0.25, 0.3) is 5.91 Å². The first-order chi connectivity index (χ1) is 11.6. The van der Waals surface area contributed by atoms with Gasteiger partial charge < -0.3 is 14.7 Å². The molecule has 1 aliphatic heterocycles. The average Bonchev–Trinajstić information content (AvgIpc) is 2.62. The van der Waals surface area contributed by atoms with Crippen molar-refractivity contribution in [3.8, 4) is 0 Å². The van der Waals surface area contributed by atoms with E-state index in [1.54, 1.807) is 0 Å². The van der Waals surface area contributed by atoms with Crippen LogP contribution in [0.25, 0.3) is 0 Å². The number of aryl methyl sites for hydroxylation is 1. The zero-order valence-corrected chi connectivity index (χ0v) is 14.7. The van der Waals surface area contributed by atoms with Crippen molar-refractivity contribution in [2.45, 2.75) is 6.92 Å². The summed E-state index contributed by atoms with van der Waals surface area (Å²) in [7, 11) is 3.98. The normalized spacial score (nSPS) is 14.6. The summed E-state index contributed by atoms with van der Waals surface area (Å²) in [4.78, 5) is 19.1. The Morgan fingerprint density at radius 1 is 0.958 bits per heavy atom. The highest BCUT2D eigenvalue weighted by Gasteiger charge is 2.23. The fourth-order valence-electron chi connectivity index (χ4n) is 3.17. The highest BCUT2D eigenvalue weighted by atomic mass is 16.2. The van der Waals surface area contributed by atoms with Crippen LogP contribution in [-0.2, 0) is 0 Å². The summed E-state index contributed by atoms with van der Waals surface area (Å²) in [6.45, 7) is 5.42. The van der Waals surface area contributed by atoms with E-state index in [2.05, 4.69) is 36.1 Å². The monoisotopic (exact) mass is 323 g/mol.